The first kappa shape index (κ1) is 17.9. The molecule has 0 spiro atoms. The second-order valence-corrected chi connectivity index (χ2v) is 6.05. The standard InChI is InChI=1S/C16H34N2O2/c1-3-5-10-20-14-16(19)13-18(9-4-2)12-15-7-6-8-17-11-15/h15-17,19H,3-14H2,1-2H3. The first-order valence-electron chi connectivity index (χ1n) is 8.45. The largest absolute Gasteiger partial charge is 0.389 e. The van der Waals surface area contributed by atoms with Gasteiger partial charge in [-0.3, -0.25) is 0 Å². The van der Waals surface area contributed by atoms with Gasteiger partial charge in [0.1, 0.15) is 0 Å². The smallest absolute Gasteiger partial charge is 0.0900 e. The molecule has 1 rings (SSSR count). The molecule has 0 bridgehead atoms. The summed E-state index contributed by atoms with van der Waals surface area (Å²) < 4.78 is 5.52. The molecule has 0 aromatic rings. The molecule has 20 heavy (non-hydrogen) atoms. The summed E-state index contributed by atoms with van der Waals surface area (Å²) in [5.74, 6) is 0.739. The fourth-order valence-corrected chi connectivity index (χ4v) is 2.83. The van der Waals surface area contributed by atoms with Gasteiger partial charge in [0.15, 0.2) is 0 Å². The second kappa shape index (κ2) is 11.5. The van der Waals surface area contributed by atoms with Crippen LogP contribution in [0.2, 0.25) is 0 Å². The molecule has 1 aliphatic rings. The van der Waals surface area contributed by atoms with E-state index in [1.807, 2.05) is 0 Å². The zero-order valence-electron chi connectivity index (χ0n) is 13.4. The van der Waals surface area contributed by atoms with E-state index in [1.54, 1.807) is 0 Å². The van der Waals surface area contributed by atoms with Gasteiger partial charge < -0.3 is 20.1 Å². The van der Waals surface area contributed by atoms with Crippen LogP contribution in [0.4, 0.5) is 0 Å². The monoisotopic (exact) mass is 286 g/mol. The summed E-state index contributed by atoms with van der Waals surface area (Å²) in [4.78, 5) is 2.41. The summed E-state index contributed by atoms with van der Waals surface area (Å²) in [5.41, 5.74) is 0. The molecule has 0 radical (unpaired) electrons. The Bertz CT molecular complexity index is 221. The second-order valence-electron chi connectivity index (χ2n) is 6.05. The lowest BCUT2D eigenvalue weighted by Gasteiger charge is -2.31. The van der Waals surface area contributed by atoms with Crippen molar-refractivity contribution in [1.29, 1.82) is 0 Å². The Morgan fingerprint density at radius 2 is 2.20 bits per heavy atom. The molecular formula is C16H34N2O2. The van der Waals surface area contributed by atoms with Crippen molar-refractivity contribution in [2.45, 2.75) is 52.1 Å². The van der Waals surface area contributed by atoms with Crippen molar-refractivity contribution in [1.82, 2.24) is 10.2 Å². The van der Waals surface area contributed by atoms with Crippen LogP contribution in [-0.2, 0) is 4.74 Å². The highest BCUT2D eigenvalue weighted by molar-refractivity contribution is 4.74. The van der Waals surface area contributed by atoms with Gasteiger partial charge in [-0.25, -0.2) is 0 Å². The lowest BCUT2D eigenvalue weighted by molar-refractivity contribution is 0.0126. The van der Waals surface area contributed by atoms with Crippen LogP contribution >= 0.6 is 0 Å². The SMILES string of the molecule is CCCCOCC(O)CN(CCC)CC1CCCNC1. The van der Waals surface area contributed by atoms with E-state index < -0.39 is 0 Å². The van der Waals surface area contributed by atoms with Gasteiger partial charge in [-0.05, 0) is 51.2 Å². The van der Waals surface area contributed by atoms with Crippen molar-refractivity contribution < 1.29 is 9.84 Å². The maximum Gasteiger partial charge on any atom is 0.0900 e. The quantitative estimate of drug-likeness (QED) is 0.569. The number of ether oxygens (including phenoxy) is 1. The molecule has 1 fully saturated rings. The number of aliphatic hydroxyl groups is 1. The normalized spacial score (nSPS) is 21.3. The lowest BCUT2D eigenvalue weighted by atomic mass is 9.99. The van der Waals surface area contributed by atoms with E-state index in [2.05, 4.69) is 24.1 Å². The highest BCUT2D eigenvalue weighted by Gasteiger charge is 2.18. The average molecular weight is 286 g/mol. The number of unbranched alkanes of at least 4 members (excludes halogenated alkanes) is 1. The van der Waals surface area contributed by atoms with Crippen LogP contribution in [0.15, 0.2) is 0 Å². The Hall–Kier alpha value is -0.160. The van der Waals surface area contributed by atoms with E-state index in [0.29, 0.717) is 6.61 Å². The van der Waals surface area contributed by atoms with Crippen LogP contribution in [0.1, 0.15) is 46.0 Å². The van der Waals surface area contributed by atoms with Crippen LogP contribution in [0.3, 0.4) is 0 Å². The van der Waals surface area contributed by atoms with Crippen LogP contribution in [0.25, 0.3) is 0 Å². The molecule has 1 aliphatic heterocycles. The van der Waals surface area contributed by atoms with Gasteiger partial charge in [0.2, 0.25) is 0 Å². The topological polar surface area (TPSA) is 44.7 Å². The predicted octanol–water partition coefficient (Wildman–Crippen LogP) is 1.88. The minimum Gasteiger partial charge on any atom is -0.389 e. The third-order valence-corrected chi connectivity index (χ3v) is 3.88. The summed E-state index contributed by atoms with van der Waals surface area (Å²) in [5, 5.41) is 13.6. The molecular weight excluding hydrogens is 252 g/mol. The van der Waals surface area contributed by atoms with Crippen molar-refractivity contribution in [3.8, 4) is 0 Å². The van der Waals surface area contributed by atoms with Crippen LogP contribution < -0.4 is 5.32 Å². The average Bonchev–Trinajstić information content (AvgIpc) is 2.45. The Kier molecular flexibility index (Phi) is 10.3. The molecule has 0 amide bonds. The minimum absolute atomic E-state index is 0.352. The third-order valence-electron chi connectivity index (χ3n) is 3.88. The van der Waals surface area contributed by atoms with E-state index in [9.17, 15) is 5.11 Å². The number of rotatable bonds is 11. The molecule has 2 N–H and O–H groups in total. The van der Waals surface area contributed by atoms with Gasteiger partial charge in [0, 0.05) is 19.7 Å². The van der Waals surface area contributed by atoms with E-state index in [4.69, 9.17) is 4.74 Å². The van der Waals surface area contributed by atoms with Crippen molar-refractivity contribution in [3.63, 3.8) is 0 Å². The van der Waals surface area contributed by atoms with E-state index in [1.165, 1.54) is 12.8 Å². The number of hydrogen-bond donors (Lipinski definition) is 2. The van der Waals surface area contributed by atoms with Gasteiger partial charge >= 0.3 is 0 Å². The Balaban J connectivity index is 2.22. The van der Waals surface area contributed by atoms with Gasteiger partial charge in [-0.2, -0.15) is 0 Å². The number of aliphatic hydroxyl groups excluding tert-OH is 1. The molecule has 1 heterocycles. The summed E-state index contributed by atoms with van der Waals surface area (Å²) in [6.45, 7) is 10.8. The van der Waals surface area contributed by atoms with Crippen molar-refractivity contribution >= 4 is 0 Å². The zero-order chi connectivity index (χ0) is 14.6. The molecule has 0 aliphatic carbocycles. The number of hydrogen-bond acceptors (Lipinski definition) is 4. The molecule has 0 aromatic heterocycles. The van der Waals surface area contributed by atoms with Gasteiger partial charge in [0.25, 0.3) is 0 Å². The summed E-state index contributed by atoms with van der Waals surface area (Å²) in [6, 6.07) is 0. The Labute approximate surface area is 124 Å². The fraction of sp³-hybridized carbons (Fsp3) is 1.00. The highest BCUT2D eigenvalue weighted by atomic mass is 16.5. The summed E-state index contributed by atoms with van der Waals surface area (Å²) in [6.07, 6.45) is 5.62. The Morgan fingerprint density at radius 1 is 1.35 bits per heavy atom. The third kappa shape index (κ3) is 8.20. The van der Waals surface area contributed by atoms with Crippen molar-refractivity contribution in [2.75, 3.05) is 45.9 Å². The predicted molar refractivity (Wildman–Crippen MR) is 84.1 cm³/mol. The van der Waals surface area contributed by atoms with Gasteiger partial charge in [-0.1, -0.05) is 20.3 Å². The maximum absolute atomic E-state index is 10.1. The summed E-state index contributed by atoms with van der Waals surface area (Å²) in [7, 11) is 0. The molecule has 0 saturated carbocycles. The van der Waals surface area contributed by atoms with Gasteiger partial charge in [-0.15, -0.1) is 0 Å². The van der Waals surface area contributed by atoms with Crippen molar-refractivity contribution in [3.05, 3.63) is 0 Å². The zero-order valence-corrected chi connectivity index (χ0v) is 13.4. The minimum atomic E-state index is -0.352. The molecule has 120 valence electrons. The molecule has 1 saturated heterocycles. The molecule has 2 atom stereocenters. The number of nitrogens with zero attached hydrogens (tertiary/aromatic N) is 1. The molecule has 2 unspecified atom stereocenters. The molecule has 0 aromatic carbocycles. The van der Waals surface area contributed by atoms with E-state index in [-0.39, 0.29) is 6.10 Å². The van der Waals surface area contributed by atoms with Gasteiger partial charge in [0.05, 0.1) is 12.7 Å². The lowest BCUT2D eigenvalue weighted by Crippen LogP contribution is -2.42. The van der Waals surface area contributed by atoms with Crippen LogP contribution in [0, 0.1) is 5.92 Å². The number of nitrogens with one attached hydrogen (secondary N) is 1. The first-order chi connectivity index (χ1) is 9.76. The van der Waals surface area contributed by atoms with Crippen LogP contribution in [-0.4, -0.2) is 62.0 Å². The van der Waals surface area contributed by atoms with E-state index in [0.717, 1.165) is 64.5 Å². The molecule has 4 nitrogen and oxygen atoms in total. The van der Waals surface area contributed by atoms with Crippen molar-refractivity contribution in [2.24, 2.45) is 5.92 Å². The fourth-order valence-electron chi connectivity index (χ4n) is 2.83. The van der Waals surface area contributed by atoms with Crippen LogP contribution in [0.5, 0.6) is 0 Å². The van der Waals surface area contributed by atoms with E-state index >= 15 is 0 Å². The number of piperidine rings is 1. The molecule has 4 heteroatoms. The maximum atomic E-state index is 10.1. The Morgan fingerprint density at radius 3 is 2.85 bits per heavy atom. The highest BCUT2D eigenvalue weighted by Crippen LogP contribution is 2.12. The first-order valence-corrected chi connectivity index (χ1v) is 8.45. The summed E-state index contributed by atoms with van der Waals surface area (Å²) >= 11 is 0.